The monoisotopic (exact) mass is 303 g/mol. The van der Waals surface area contributed by atoms with E-state index in [4.69, 9.17) is 0 Å². The molecule has 1 aromatic heterocycles. The molecule has 0 spiro atoms. The van der Waals surface area contributed by atoms with Gasteiger partial charge in [0.05, 0.1) is 17.7 Å². The molecule has 0 aliphatic carbocycles. The number of aliphatic hydroxyl groups is 2. The molecule has 1 aliphatic heterocycles. The van der Waals surface area contributed by atoms with Crippen molar-refractivity contribution in [3.8, 4) is 0 Å². The molecule has 6 heteroatoms. The van der Waals surface area contributed by atoms with Crippen molar-refractivity contribution < 1.29 is 15.0 Å². The second kappa shape index (κ2) is 6.06. The lowest BCUT2D eigenvalue weighted by Crippen LogP contribution is -2.37. The lowest BCUT2D eigenvalue weighted by molar-refractivity contribution is -0.132. The molecular formula is C16H21N3O3. The van der Waals surface area contributed by atoms with E-state index >= 15 is 0 Å². The Balaban J connectivity index is 1.66. The zero-order valence-electron chi connectivity index (χ0n) is 12.5. The Morgan fingerprint density at radius 3 is 2.86 bits per heavy atom. The molecule has 0 bridgehead atoms. The molecule has 0 radical (unpaired) electrons. The summed E-state index contributed by atoms with van der Waals surface area (Å²) in [5.41, 5.74) is -0.170. The van der Waals surface area contributed by atoms with Crippen molar-refractivity contribution in [3.63, 3.8) is 0 Å². The number of amides is 1. The molecule has 0 saturated carbocycles. The summed E-state index contributed by atoms with van der Waals surface area (Å²) >= 11 is 0. The van der Waals surface area contributed by atoms with Gasteiger partial charge in [-0.25, -0.2) is 0 Å². The Morgan fingerprint density at radius 1 is 1.27 bits per heavy atom. The molecule has 2 aromatic rings. The second-order valence-electron chi connectivity index (χ2n) is 6.00. The predicted molar refractivity (Wildman–Crippen MR) is 82.2 cm³/mol. The van der Waals surface area contributed by atoms with Crippen LogP contribution in [0.3, 0.4) is 0 Å². The van der Waals surface area contributed by atoms with E-state index in [0.29, 0.717) is 32.4 Å². The Bertz CT molecular complexity index is 636. The average molecular weight is 303 g/mol. The number of carbonyl (C=O) groups is 1. The number of nitrogens with zero attached hydrogens (tertiary/aromatic N) is 3. The zero-order valence-corrected chi connectivity index (χ0v) is 12.5. The maximum Gasteiger partial charge on any atom is 0.244 e. The van der Waals surface area contributed by atoms with Gasteiger partial charge >= 0.3 is 0 Å². The minimum absolute atomic E-state index is 0.00463. The average Bonchev–Trinajstić information content (AvgIpc) is 2.81. The number of likely N-dealkylation sites (tertiary alicyclic amines) is 1. The van der Waals surface area contributed by atoms with Crippen molar-refractivity contribution in [2.75, 3.05) is 19.7 Å². The van der Waals surface area contributed by atoms with E-state index in [1.807, 2.05) is 30.5 Å². The third-order valence-corrected chi connectivity index (χ3v) is 4.32. The lowest BCUT2D eigenvalue weighted by Gasteiger charge is -2.24. The highest BCUT2D eigenvalue weighted by Gasteiger charge is 2.30. The van der Waals surface area contributed by atoms with Crippen LogP contribution in [0.2, 0.25) is 0 Å². The Kier molecular flexibility index (Phi) is 4.13. The summed E-state index contributed by atoms with van der Waals surface area (Å²) in [4.78, 5) is 14.2. The van der Waals surface area contributed by atoms with Crippen molar-refractivity contribution >= 4 is 16.8 Å². The van der Waals surface area contributed by atoms with Gasteiger partial charge in [0, 0.05) is 24.7 Å². The second-order valence-corrected chi connectivity index (χ2v) is 6.00. The highest BCUT2D eigenvalue weighted by atomic mass is 16.3. The number of hydrogen-bond acceptors (Lipinski definition) is 4. The van der Waals surface area contributed by atoms with Gasteiger partial charge in [-0.1, -0.05) is 18.2 Å². The number of fused-ring (bicyclic) bond motifs is 1. The fourth-order valence-corrected chi connectivity index (χ4v) is 2.92. The largest absolute Gasteiger partial charge is 0.393 e. The maximum atomic E-state index is 12.4. The minimum Gasteiger partial charge on any atom is -0.393 e. The molecule has 1 fully saturated rings. The predicted octanol–water partition coefficient (Wildman–Crippen LogP) is 0.772. The van der Waals surface area contributed by atoms with E-state index in [2.05, 4.69) is 5.10 Å². The van der Waals surface area contributed by atoms with Crippen LogP contribution in [0.15, 0.2) is 30.5 Å². The van der Waals surface area contributed by atoms with Gasteiger partial charge in [0.25, 0.3) is 0 Å². The van der Waals surface area contributed by atoms with Gasteiger partial charge in [-0.15, -0.1) is 0 Å². The highest BCUT2D eigenvalue weighted by molar-refractivity contribution is 5.79. The molecule has 118 valence electrons. The molecule has 22 heavy (non-hydrogen) atoms. The van der Waals surface area contributed by atoms with Gasteiger partial charge in [-0.2, -0.15) is 5.10 Å². The van der Waals surface area contributed by atoms with E-state index in [1.54, 1.807) is 9.58 Å². The number of aromatic nitrogens is 2. The zero-order chi connectivity index (χ0) is 15.6. The van der Waals surface area contributed by atoms with E-state index in [1.165, 1.54) is 0 Å². The number of hydrogen-bond donors (Lipinski definition) is 2. The third kappa shape index (κ3) is 3.13. The number of rotatable bonds is 3. The summed E-state index contributed by atoms with van der Waals surface area (Å²) in [6.07, 6.45) is 3.51. The standard InChI is InChI=1S/C16H21N3O3/c20-12-16(22)6-3-8-18(9-7-16)15(21)11-19-10-13-4-1-2-5-14(13)17-19/h1-2,4-5,10,20,22H,3,6-9,11-12H2/t16-/m0/s1. The summed E-state index contributed by atoms with van der Waals surface area (Å²) in [6.45, 7) is 1.03. The lowest BCUT2D eigenvalue weighted by atomic mass is 9.96. The molecule has 1 saturated heterocycles. The third-order valence-electron chi connectivity index (χ3n) is 4.32. The molecule has 1 aromatic carbocycles. The Hall–Kier alpha value is -1.92. The quantitative estimate of drug-likeness (QED) is 0.878. The first-order chi connectivity index (χ1) is 10.6. The molecule has 1 atom stereocenters. The molecule has 2 N–H and O–H groups in total. The minimum atomic E-state index is -1.05. The Morgan fingerprint density at radius 2 is 2.09 bits per heavy atom. The number of aliphatic hydroxyl groups excluding tert-OH is 1. The van der Waals surface area contributed by atoms with Crippen LogP contribution in [0.5, 0.6) is 0 Å². The van der Waals surface area contributed by atoms with Crippen molar-refractivity contribution in [2.24, 2.45) is 0 Å². The van der Waals surface area contributed by atoms with Crippen LogP contribution in [0.1, 0.15) is 19.3 Å². The molecule has 1 aliphatic rings. The van der Waals surface area contributed by atoms with Crippen LogP contribution < -0.4 is 0 Å². The fraction of sp³-hybridized carbons (Fsp3) is 0.500. The molecule has 1 amide bonds. The topological polar surface area (TPSA) is 78.6 Å². The normalized spacial score (nSPS) is 22.7. The van der Waals surface area contributed by atoms with Crippen LogP contribution in [0.4, 0.5) is 0 Å². The first kappa shape index (κ1) is 15.0. The summed E-state index contributed by atoms with van der Waals surface area (Å²) in [5, 5.41) is 24.8. The van der Waals surface area contributed by atoms with Crippen LogP contribution in [-0.2, 0) is 11.3 Å². The summed E-state index contributed by atoms with van der Waals surface area (Å²) in [7, 11) is 0. The summed E-state index contributed by atoms with van der Waals surface area (Å²) < 4.78 is 1.66. The SMILES string of the molecule is O=C(Cn1cc2ccccc2n1)N1CCC[C@@](O)(CO)CC1. The van der Waals surface area contributed by atoms with E-state index in [9.17, 15) is 15.0 Å². The molecule has 6 nitrogen and oxygen atoms in total. The van der Waals surface area contributed by atoms with Gasteiger partial charge in [-0.3, -0.25) is 9.48 Å². The van der Waals surface area contributed by atoms with Gasteiger partial charge in [-0.05, 0) is 25.3 Å². The Labute approximate surface area is 129 Å². The van der Waals surface area contributed by atoms with Crippen molar-refractivity contribution in [3.05, 3.63) is 30.5 Å². The molecule has 0 unspecified atom stereocenters. The summed E-state index contributed by atoms with van der Waals surface area (Å²) in [6, 6.07) is 7.76. The molecular weight excluding hydrogens is 282 g/mol. The highest BCUT2D eigenvalue weighted by Crippen LogP contribution is 2.22. The summed E-state index contributed by atoms with van der Waals surface area (Å²) in [5.74, 6) is -0.00463. The molecule has 2 heterocycles. The molecule has 3 rings (SSSR count). The maximum absolute atomic E-state index is 12.4. The van der Waals surface area contributed by atoms with Gasteiger partial charge in [0.1, 0.15) is 6.54 Å². The van der Waals surface area contributed by atoms with Crippen molar-refractivity contribution in [2.45, 2.75) is 31.4 Å². The van der Waals surface area contributed by atoms with Crippen molar-refractivity contribution in [1.29, 1.82) is 0 Å². The first-order valence-corrected chi connectivity index (χ1v) is 7.63. The number of carbonyl (C=O) groups excluding carboxylic acids is 1. The number of benzene rings is 1. The van der Waals surface area contributed by atoms with Crippen LogP contribution in [0.25, 0.3) is 10.9 Å². The van der Waals surface area contributed by atoms with Crippen molar-refractivity contribution in [1.82, 2.24) is 14.7 Å². The smallest absolute Gasteiger partial charge is 0.244 e. The van der Waals surface area contributed by atoms with Crippen LogP contribution >= 0.6 is 0 Å². The van der Waals surface area contributed by atoms with E-state index in [0.717, 1.165) is 10.9 Å². The first-order valence-electron chi connectivity index (χ1n) is 7.63. The van der Waals surface area contributed by atoms with E-state index < -0.39 is 5.60 Å². The van der Waals surface area contributed by atoms with Gasteiger partial charge in [0.2, 0.25) is 5.91 Å². The van der Waals surface area contributed by atoms with Crippen LogP contribution in [-0.4, -0.2) is 56.1 Å². The van der Waals surface area contributed by atoms with Gasteiger partial charge < -0.3 is 15.1 Å². The van der Waals surface area contributed by atoms with E-state index in [-0.39, 0.29) is 19.1 Å². The van der Waals surface area contributed by atoms with Crippen LogP contribution in [0, 0.1) is 0 Å². The fourth-order valence-electron chi connectivity index (χ4n) is 2.92. The van der Waals surface area contributed by atoms with Gasteiger partial charge in [0.15, 0.2) is 0 Å².